The number of hydrogen-bond acceptors (Lipinski definition) is 2. The molecule has 0 saturated carbocycles. The third-order valence-electron chi connectivity index (χ3n) is 3.77. The number of para-hydroxylation sites is 1. The van der Waals surface area contributed by atoms with Crippen LogP contribution in [0.3, 0.4) is 0 Å². The van der Waals surface area contributed by atoms with Gasteiger partial charge in [0.15, 0.2) is 0 Å². The Morgan fingerprint density at radius 3 is 2.26 bits per heavy atom. The van der Waals surface area contributed by atoms with Crippen molar-refractivity contribution in [2.24, 2.45) is 0 Å². The molecule has 1 heterocycles. The highest BCUT2D eigenvalue weighted by molar-refractivity contribution is 5.49. The first-order valence-electron chi connectivity index (χ1n) is 7.02. The van der Waals surface area contributed by atoms with Gasteiger partial charge >= 0.3 is 0 Å². The van der Waals surface area contributed by atoms with Gasteiger partial charge in [-0.05, 0) is 30.7 Å². The van der Waals surface area contributed by atoms with Crippen LogP contribution in [0.25, 0.3) is 0 Å². The zero-order valence-corrected chi connectivity index (χ0v) is 11.1. The Bertz CT molecular complexity index is 448. The van der Waals surface area contributed by atoms with Gasteiger partial charge in [-0.15, -0.1) is 0 Å². The molecule has 0 bridgehead atoms. The first-order chi connectivity index (χ1) is 9.45. The molecule has 0 radical (unpaired) electrons. The van der Waals surface area contributed by atoms with Crippen molar-refractivity contribution in [1.29, 1.82) is 0 Å². The quantitative estimate of drug-likeness (QED) is 0.882. The van der Waals surface area contributed by atoms with Crippen molar-refractivity contribution >= 4 is 5.69 Å². The second-order valence-electron chi connectivity index (χ2n) is 4.99. The molecule has 3 rings (SSSR count). The summed E-state index contributed by atoms with van der Waals surface area (Å²) in [4.78, 5) is 2.52. The lowest BCUT2D eigenvalue weighted by Crippen LogP contribution is -2.30. The van der Waals surface area contributed by atoms with E-state index in [1.54, 1.807) is 0 Å². The Balaban J connectivity index is 1.94. The standard InChI is InChI=1S/C17H20N2/c1-3-7-15(8-4-1)17-11-12-18-13-14-19(17)16-9-5-2-6-10-16/h1-10,17-18H,11-14H2/t17-/m0/s1. The zero-order valence-electron chi connectivity index (χ0n) is 11.1. The lowest BCUT2D eigenvalue weighted by atomic mass is 10.0. The van der Waals surface area contributed by atoms with Gasteiger partial charge in [0.1, 0.15) is 0 Å². The SMILES string of the molecule is c1ccc([C@@H]2CCNCCN2c2ccccc2)cc1. The minimum Gasteiger partial charge on any atom is -0.363 e. The van der Waals surface area contributed by atoms with E-state index in [9.17, 15) is 0 Å². The summed E-state index contributed by atoms with van der Waals surface area (Å²) >= 11 is 0. The Kier molecular flexibility index (Phi) is 3.80. The molecule has 1 aliphatic heterocycles. The number of nitrogens with zero attached hydrogens (tertiary/aromatic N) is 1. The number of anilines is 1. The lowest BCUT2D eigenvalue weighted by Gasteiger charge is -2.32. The number of benzene rings is 2. The molecule has 2 aromatic rings. The maximum atomic E-state index is 3.51. The number of hydrogen-bond donors (Lipinski definition) is 1. The van der Waals surface area contributed by atoms with Gasteiger partial charge in [-0.2, -0.15) is 0 Å². The van der Waals surface area contributed by atoms with E-state index in [-0.39, 0.29) is 0 Å². The van der Waals surface area contributed by atoms with Crippen LogP contribution in [0.2, 0.25) is 0 Å². The molecule has 19 heavy (non-hydrogen) atoms. The van der Waals surface area contributed by atoms with E-state index in [4.69, 9.17) is 0 Å². The van der Waals surface area contributed by atoms with Gasteiger partial charge in [0, 0.05) is 18.8 Å². The van der Waals surface area contributed by atoms with Crippen LogP contribution in [0.5, 0.6) is 0 Å². The lowest BCUT2D eigenvalue weighted by molar-refractivity contribution is 0.617. The molecule has 0 spiro atoms. The molecule has 2 heteroatoms. The third kappa shape index (κ3) is 2.79. The van der Waals surface area contributed by atoms with Gasteiger partial charge in [-0.25, -0.2) is 0 Å². The molecule has 0 amide bonds. The molecule has 1 atom stereocenters. The monoisotopic (exact) mass is 252 g/mol. The maximum Gasteiger partial charge on any atom is 0.0555 e. The summed E-state index contributed by atoms with van der Waals surface area (Å²) in [6.07, 6.45) is 1.15. The van der Waals surface area contributed by atoms with Gasteiger partial charge < -0.3 is 10.2 Å². The number of nitrogens with one attached hydrogen (secondary N) is 1. The highest BCUT2D eigenvalue weighted by Crippen LogP contribution is 2.30. The maximum absolute atomic E-state index is 3.51. The second kappa shape index (κ2) is 5.89. The smallest absolute Gasteiger partial charge is 0.0555 e. The van der Waals surface area contributed by atoms with Gasteiger partial charge in [-0.1, -0.05) is 48.5 Å². The molecular weight excluding hydrogens is 232 g/mol. The van der Waals surface area contributed by atoms with Crippen molar-refractivity contribution < 1.29 is 0 Å². The fourth-order valence-corrected chi connectivity index (χ4v) is 2.83. The highest BCUT2D eigenvalue weighted by Gasteiger charge is 2.22. The van der Waals surface area contributed by atoms with Crippen LogP contribution < -0.4 is 10.2 Å². The van der Waals surface area contributed by atoms with Gasteiger partial charge in [0.25, 0.3) is 0 Å². The Morgan fingerprint density at radius 2 is 1.53 bits per heavy atom. The normalized spacial score (nSPS) is 20.0. The third-order valence-corrected chi connectivity index (χ3v) is 3.77. The average Bonchev–Trinajstić information content (AvgIpc) is 2.75. The summed E-state index contributed by atoms with van der Waals surface area (Å²) in [5.41, 5.74) is 2.73. The molecule has 1 aliphatic rings. The van der Waals surface area contributed by atoms with Crippen LogP contribution in [0.15, 0.2) is 60.7 Å². The highest BCUT2D eigenvalue weighted by atomic mass is 15.2. The summed E-state index contributed by atoms with van der Waals surface area (Å²) in [6.45, 7) is 3.20. The molecule has 1 fully saturated rings. The minimum atomic E-state index is 0.471. The average molecular weight is 252 g/mol. The van der Waals surface area contributed by atoms with Crippen LogP contribution in [0, 0.1) is 0 Å². The van der Waals surface area contributed by atoms with E-state index >= 15 is 0 Å². The molecule has 0 aromatic heterocycles. The number of rotatable bonds is 2. The minimum absolute atomic E-state index is 0.471. The molecule has 2 aromatic carbocycles. The summed E-state index contributed by atoms with van der Waals surface area (Å²) in [5, 5.41) is 3.51. The fraction of sp³-hybridized carbons (Fsp3) is 0.294. The van der Waals surface area contributed by atoms with Gasteiger partial charge in [0.05, 0.1) is 6.04 Å². The van der Waals surface area contributed by atoms with Crippen LogP contribution in [0.1, 0.15) is 18.0 Å². The van der Waals surface area contributed by atoms with Gasteiger partial charge in [0.2, 0.25) is 0 Å². The van der Waals surface area contributed by atoms with Crippen molar-refractivity contribution in [3.8, 4) is 0 Å². The van der Waals surface area contributed by atoms with Crippen LogP contribution in [-0.2, 0) is 0 Å². The van der Waals surface area contributed by atoms with Gasteiger partial charge in [-0.3, -0.25) is 0 Å². The predicted octanol–water partition coefficient (Wildman–Crippen LogP) is 3.23. The fourth-order valence-electron chi connectivity index (χ4n) is 2.83. The summed E-state index contributed by atoms with van der Waals surface area (Å²) in [7, 11) is 0. The predicted molar refractivity (Wildman–Crippen MR) is 80.5 cm³/mol. The van der Waals surface area contributed by atoms with Crippen molar-refractivity contribution in [3.05, 3.63) is 66.2 Å². The Labute approximate surface area is 115 Å². The van der Waals surface area contributed by atoms with E-state index in [2.05, 4.69) is 70.9 Å². The molecule has 2 nitrogen and oxygen atoms in total. The molecule has 0 aliphatic carbocycles. The van der Waals surface area contributed by atoms with E-state index in [1.165, 1.54) is 11.3 Å². The first kappa shape index (κ1) is 12.2. The van der Waals surface area contributed by atoms with Crippen molar-refractivity contribution in [2.75, 3.05) is 24.5 Å². The summed E-state index contributed by atoms with van der Waals surface area (Å²) in [6, 6.07) is 22.1. The molecule has 98 valence electrons. The zero-order chi connectivity index (χ0) is 12.9. The van der Waals surface area contributed by atoms with Crippen molar-refractivity contribution in [3.63, 3.8) is 0 Å². The van der Waals surface area contributed by atoms with E-state index < -0.39 is 0 Å². The summed E-state index contributed by atoms with van der Waals surface area (Å²) in [5.74, 6) is 0. The second-order valence-corrected chi connectivity index (χ2v) is 4.99. The van der Waals surface area contributed by atoms with E-state index in [0.29, 0.717) is 6.04 Å². The molecule has 0 unspecified atom stereocenters. The van der Waals surface area contributed by atoms with Crippen LogP contribution >= 0.6 is 0 Å². The van der Waals surface area contributed by atoms with Crippen molar-refractivity contribution in [1.82, 2.24) is 5.32 Å². The first-order valence-corrected chi connectivity index (χ1v) is 7.02. The van der Waals surface area contributed by atoms with Crippen molar-refractivity contribution in [2.45, 2.75) is 12.5 Å². The van der Waals surface area contributed by atoms with Crippen LogP contribution in [0.4, 0.5) is 5.69 Å². The van der Waals surface area contributed by atoms with E-state index in [1.807, 2.05) is 0 Å². The Hall–Kier alpha value is -1.80. The summed E-state index contributed by atoms with van der Waals surface area (Å²) < 4.78 is 0. The molecular formula is C17H20N2. The van der Waals surface area contributed by atoms with E-state index in [0.717, 1.165) is 26.1 Å². The molecule has 1 N–H and O–H groups in total. The Morgan fingerprint density at radius 1 is 0.842 bits per heavy atom. The van der Waals surface area contributed by atoms with Crippen LogP contribution in [-0.4, -0.2) is 19.6 Å². The molecule has 1 saturated heterocycles. The largest absolute Gasteiger partial charge is 0.363 e. The topological polar surface area (TPSA) is 15.3 Å².